The normalized spacial score (nSPS) is 15.9. The SMILES string of the molecule is O=[N+]([O-])c1cn2c(n1)OC[C@@H](OCc1ccc(-c3ccc(C(F)(F)F)cn3)cc1F)C2. The average Bonchev–Trinajstić information content (AvgIpc) is 3.16. The van der Waals surface area contributed by atoms with E-state index in [1.54, 1.807) is 0 Å². The second kappa shape index (κ2) is 7.95. The van der Waals surface area contributed by atoms with E-state index in [1.165, 1.54) is 35.0 Å². The van der Waals surface area contributed by atoms with Crippen LogP contribution < -0.4 is 4.74 Å². The van der Waals surface area contributed by atoms with Gasteiger partial charge in [-0.05, 0) is 23.1 Å². The smallest absolute Gasteiger partial charge is 0.417 e. The zero-order chi connectivity index (χ0) is 22.2. The van der Waals surface area contributed by atoms with Gasteiger partial charge >= 0.3 is 18.0 Å². The van der Waals surface area contributed by atoms with Crippen LogP contribution in [-0.4, -0.2) is 32.2 Å². The molecule has 12 heteroatoms. The van der Waals surface area contributed by atoms with Crippen molar-refractivity contribution in [2.24, 2.45) is 0 Å². The predicted octanol–water partition coefficient (Wildman–Crippen LogP) is 3.99. The number of benzene rings is 1. The Labute approximate surface area is 172 Å². The van der Waals surface area contributed by atoms with E-state index in [0.29, 0.717) is 11.8 Å². The van der Waals surface area contributed by atoms with Crippen LogP contribution in [0, 0.1) is 15.9 Å². The molecule has 1 aliphatic heterocycles. The molecule has 1 aromatic carbocycles. The highest BCUT2D eigenvalue weighted by Crippen LogP contribution is 2.30. The van der Waals surface area contributed by atoms with E-state index < -0.39 is 28.6 Å². The summed E-state index contributed by atoms with van der Waals surface area (Å²) < 4.78 is 64.8. The molecule has 0 bridgehead atoms. The van der Waals surface area contributed by atoms with Crippen LogP contribution >= 0.6 is 0 Å². The van der Waals surface area contributed by atoms with E-state index in [1.807, 2.05) is 0 Å². The zero-order valence-corrected chi connectivity index (χ0v) is 15.7. The second-order valence-electron chi connectivity index (χ2n) is 6.77. The van der Waals surface area contributed by atoms with Crippen LogP contribution in [0.3, 0.4) is 0 Å². The van der Waals surface area contributed by atoms with Gasteiger partial charge in [0.25, 0.3) is 0 Å². The molecule has 0 saturated carbocycles. The molecule has 0 radical (unpaired) electrons. The lowest BCUT2D eigenvalue weighted by Gasteiger charge is -2.22. The minimum Gasteiger partial charge on any atom is -0.443 e. The van der Waals surface area contributed by atoms with E-state index in [9.17, 15) is 27.7 Å². The first kappa shape index (κ1) is 20.7. The summed E-state index contributed by atoms with van der Waals surface area (Å²) in [5, 5.41) is 10.8. The number of alkyl halides is 3. The third kappa shape index (κ3) is 4.48. The number of imidazole rings is 1. The molecule has 8 nitrogen and oxygen atoms in total. The van der Waals surface area contributed by atoms with E-state index in [2.05, 4.69) is 9.97 Å². The van der Waals surface area contributed by atoms with Crippen molar-refractivity contribution >= 4 is 5.82 Å². The Morgan fingerprint density at radius 2 is 2.10 bits per heavy atom. The fourth-order valence-electron chi connectivity index (χ4n) is 3.02. The maximum atomic E-state index is 14.5. The van der Waals surface area contributed by atoms with Crippen LogP contribution in [0.2, 0.25) is 0 Å². The van der Waals surface area contributed by atoms with Crippen molar-refractivity contribution in [2.45, 2.75) is 25.4 Å². The molecule has 31 heavy (non-hydrogen) atoms. The summed E-state index contributed by atoms with van der Waals surface area (Å²) in [7, 11) is 0. The van der Waals surface area contributed by atoms with Gasteiger partial charge in [-0.15, -0.1) is 0 Å². The van der Waals surface area contributed by atoms with Gasteiger partial charge in [0.15, 0.2) is 0 Å². The molecule has 3 heterocycles. The van der Waals surface area contributed by atoms with E-state index in [4.69, 9.17) is 9.47 Å². The quantitative estimate of drug-likeness (QED) is 0.340. The third-order valence-corrected chi connectivity index (χ3v) is 4.63. The molecule has 0 amide bonds. The monoisotopic (exact) mass is 438 g/mol. The minimum atomic E-state index is -4.50. The number of hydrogen-bond acceptors (Lipinski definition) is 6. The maximum absolute atomic E-state index is 14.5. The van der Waals surface area contributed by atoms with Crippen molar-refractivity contribution < 1.29 is 32.0 Å². The summed E-state index contributed by atoms with van der Waals surface area (Å²) in [5.74, 6) is -0.941. The molecule has 0 N–H and O–H groups in total. The molecule has 0 spiro atoms. The van der Waals surface area contributed by atoms with Crippen molar-refractivity contribution in [3.63, 3.8) is 0 Å². The number of aromatic nitrogens is 3. The van der Waals surface area contributed by atoms with Gasteiger partial charge < -0.3 is 19.6 Å². The molecule has 2 aromatic heterocycles. The molecule has 4 rings (SSSR count). The lowest BCUT2D eigenvalue weighted by Crippen LogP contribution is -2.32. The Morgan fingerprint density at radius 3 is 2.74 bits per heavy atom. The average molecular weight is 438 g/mol. The van der Waals surface area contributed by atoms with Crippen molar-refractivity contribution in [2.75, 3.05) is 6.61 Å². The summed E-state index contributed by atoms with van der Waals surface area (Å²) in [4.78, 5) is 17.6. The Kier molecular flexibility index (Phi) is 5.31. The summed E-state index contributed by atoms with van der Waals surface area (Å²) in [6.45, 7) is 0.265. The second-order valence-corrected chi connectivity index (χ2v) is 6.77. The molecular formula is C19H14F4N4O4. The first-order valence-corrected chi connectivity index (χ1v) is 8.99. The van der Waals surface area contributed by atoms with Crippen molar-refractivity contribution in [1.82, 2.24) is 14.5 Å². The number of rotatable bonds is 5. The molecule has 3 aromatic rings. The molecule has 0 unspecified atom stereocenters. The van der Waals surface area contributed by atoms with Crippen LogP contribution in [0.15, 0.2) is 42.7 Å². The summed E-state index contributed by atoms with van der Waals surface area (Å²) in [6.07, 6.45) is -3.04. The van der Waals surface area contributed by atoms with Crippen molar-refractivity contribution in [3.05, 3.63) is 69.8 Å². The zero-order valence-electron chi connectivity index (χ0n) is 15.7. The highest BCUT2D eigenvalue weighted by atomic mass is 19.4. The number of pyridine rings is 1. The van der Waals surface area contributed by atoms with Crippen LogP contribution in [0.4, 0.5) is 23.4 Å². The van der Waals surface area contributed by atoms with Crippen molar-refractivity contribution in [1.29, 1.82) is 0 Å². The van der Waals surface area contributed by atoms with Crippen molar-refractivity contribution in [3.8, 4) is 17.3 Å². The maximum Gasteiger partial charge on any atom is 0.417 e. The first-order chi connectivity index (χ1) is 14.7. The highest BCUT2D eigenvalue weighted by molar-refractivity contribution is 5.59. The molecule has 0 saturated heterocycles. The lowest BCUT2D eigenvalue weighted by atomic mass is 10.1. The Balaban J connectivity index is 1.40. The van der Waals surface area contributed by atoms with E-state index >= 15 is 0 Å². The van der Waals surface area contributed by atoms with Crippen LogP contribution in [-0.2, 0) is 24.1 Å². The molecular weight excluding hydrogens is 424 g/mol. The van der Waals surface area contributed by atoms with Crippen LogP contribution in [0.1, 0.15) is 11.1 Å². The third-order valence-electron chi connectivity index (χ3n) is 4.63. The Bertz CT molecular complexity index is 1120. The summed E-state index contributed by atoms with van der Waals surface area (Å²) >= 11 is 0. The molecule has 0 aliphatic carbocycles. The van der Waals surface area contributed by atoms with Crippen LogP contribution in [0.25, 0.3) is 11.3 Å². The number of hydrogen-bond donors (Lipinski definition) is 0. The topological polar surface area (TPSA) is 92.3 Å². The van der Waals surface area contributed by atoms with Gasteiger partial charge in [0.2, 0.25) is 0 Å². The molecule has 162 valence electrons. The standard InChI is InChI=1S/C19H14F4N4O4/c20-15-5-11(16-4-3-13(6-24-16)19(21,22)23)1-2-12(15)9-30-14-7-26-8-17(27(28)29)25-18(26)31-10-14/h1-6,8,14H,7,9-10H2/t14-/m0/s1. The van der Waals surface area contributed by atoms with Gasteiger partial charge in [-0.2, -0.15) is 13.2 Å². The minimum absolute atomic E-state index is 0.0906. The van der Waals surface area contributed by atoms with E-state index in [0.717, 1.165) is 6.07 Å². The van der Waals surface area contributed by atoms with Gasteiger partial charge in [0.05, 0.1) is 24.4 Å². The molecule has 0 fully saturated rings. The van der Waals surface area contributed by atoms with Gasteiger partial charge in [0, 0.05) is 22.3 Å². The number of halogens is 4. The highest BCUT2D eigenvalue weighted by Gasteiger charge is 2.31. The lowest BCUT2D eigenvalue weighted by molar-refractivity contribution is -0.389. The number of nitro groups is 1. The number of nitrogens with zero attached hydrogens (tertiary/aromatic N) is 4. The van der Waals surface area contributed by atoms with Gasteiger partial charge in [0.1, 0.15) is 24.7 Å². The number of ether oxygens (including phenoxy) is 2. The van der Waals surface area contributed by atoms with Gasteiger partial charge in [-0.1, -0.05) is 12.1 Å². The first-order valence-electron chi connectivity index (χ1n) is 8.99. The summed E-state index contributed by atoms with van der Waals surface area (Å²) in [5.41, 5.74) is -0.124. The fourth-order valence-corrected chi connectivity index (χ4v) is 3.02. The largest absolute Gasteiger partial charge is 0.443 e. The predicted molar refractivity (Wildman–Crippen MR) is 97.6 cm³/mol. The Morgan fingerprint density at radius 1 is 1.29 bits per heavy atom. The van der Waals surface area contributed by atoms with Gasteiger partial charge in [-0.3, -0.25) is 9.55 Å². The fraction of sp³-hybridized carbons (Fsp3) is 0.263. The van der Waals surface area contributed by atoms with Gasteiger partial charge in [-0.25, -0.2) is 4.39 Å². The van der Waals surface area contributed by atoms with Crippen LogP contribution in [0.5, 0.6) is 6.01 Å². The molecule has 1 atom stereocenters. The van der Waals surface area contributed by atoms with E-state index in [-0.39, 0.29) is 42.8 Å². The number of fused-ring (bicyclic) bond motifs is 1. The molecule has 1 aliphatic rings. The Hall–Kier alpha value is -3.54. The summed E-state index contributed by atoms with van der Waals surface area (Å²) in [6, 6.07) is 6.34.